The van der Waals surface area contributed by atoms with Crippen molar-refractivity contribution >= 4 is 17.6 Å². The number of hydrogen-bond donors (Lipinski definition) is 1. The van der Waals surface area contributed by atoms with Crippen LogP contribution >= 0.6 is 0 Å². The minimum absolute atomic E-state index is 0.451. The molecule has 2 aromatic rings. The lowest BCUT2D eigenvalue weighted by molar-refractivity contribution is 0.123. The standard InChI is InChI=1S/C22H32N4O/c1-5-25(6-2)17-22(27)18-26(21-10-8-7-9-11-21)23-16-19-12-14-20(15-13-19)24(3)4/h7-16,22,27H,5-6,17-18H2,1-4H3. The molecule has 146 valence electrons. The SMILES string of the molecule is CCN(CC)CC(O)CN(N=Cc1ccc(N(C)C)cc1)c1ccccc1. The Labute approximate surface area is 163 Å². The van der Waals surface area contributed by atoms with Gasteiger partial charge in [0, 0.05) is 26.3 Å². The molecular weight excluding hydrogens is 336 g/mol. The van der Waals surface area contributed by atoms with Crippen LogP contribution in [0.1, 0.15) is 19.4 Å². The van der Waals surface area contributed by atoms with E-state index in [1.807, 2.05) is 67.8 Å². The molecule has 0 amide bonds. The number of aliphatic hydroxyl groups is 1. The molecule has 0 bridgehead atoms. The largest absolute Gasteiger partial charge is 0.390 e. The van der Waals surface area contributed by atoms with Crippen LogP contribution in [0.2, 0.25) is 0 Å². The molecule has 0 saturated carbocycles. The van der Waals surface area contributed by atoms with E-state index in [1.165, 1.54) is 0 Å². The Bertz CT molecular complexity index is 681. The van der Waals surface area contributed by atoms with E-state index in [4.69, 9.17) is 0 Å². The predicted molar refractivity (Wildman–Crippen MR) is 116 cm³/mol. The fraction of sp³-hybridized carbons (Fsp3) is 0.409. The molecule has 0 aliphatic carbocycles. The molecule has 5 heteroatoms. The second kappa shape index (κ2) is 10.7. The van der Waals surface area contributed by atoms with Crippen molar-refractivity contribution in [1.82, 2.24) is 4.90 Å². The van der Waals surface area contributed by atoms with Crippen LogP contribution in [0, 0.1) is 0 Å². The Kier molecular flexibility index (Phi) is 8.30. The van der Waals surface area contributed by atoms with E-state index >= 15 is 0 Å². The third-order valence-corrected chi connectivity index (χ3v) is 4.56. The van der Waals surface area contributed by atoms with E-state index in [-0.39, 0.29) is 0 Å². The van der Waals surface area contributed by atoms with Crippen molar-refractivity contribution in [2.24, 2.45) is 5.10 Å². The molecule has 1 N–H and O–H groups in total. The van der Waals surface area contributed by atoms with Gasteiger partial charge in [0.25, 0.3) is 0 Å². The van der Waals surface area contributed by atoms with Crippen molar-refractivity contribution < 1.29 is 5.11 Å². The molecule has 2 rings (SSSR count). The zero-order valence-corrected chi connectivity index (χ0v) is 16.9. The van der Waals surface area contributed by atoms with Crippen LogP contribution < -0.4 is 9.91 Å². The highest BCUT2D eigenvalue weighted by Gasteiger charge is 2.14. The normalized spacial score (nSPS) is 12.5. The van der Waals surface area contributed by atoms with E-state index in [0.29, 0.717) is 13.1 Å². The molecule has 27 heavy (non-hydrogen) atoms. The summed E-state index contributed by atoms with van der Waals surface area (Å²) >= 11 is 0. The summed E-state index contributed by atoms with van der Waals surface area (Å²) in [5.41, 5.74) is 3.15. The third kappa shape index (κ3) is 6.70. The van der Waals surface area contributed by atoms with Gasteiger partial charge in [0.05, 0.1) is 24.6 Å². The molecule has 1 atom stereocenters. The van der Waals surface area contributed by atoms with Crippen molar-refractivity contribution in [1.29, 1.82) is 0 Å². The summed E-state index contributed by atoms with van der Waals surface area (Å²) in [5, 5.41) is 17.1. The topological polar surface area (TPSA) is 42.3 Å². The minimum Gasteiger partial charge on any atom is -0.390 e. The fourth-order valence-corrected chi connectivity index (χ4v) is 2.85. The van der Waals surface area contributed by atoms with Crippen LogP contribution in [0.25, 0.3) is 0 Å². The van der Waals surface area contributed by atoms with Crippen LogP contribution in [0.15, 0.2) is 59.7 Å². The summed E-state index contributed by atoms with van der Waals surface area (Å²) < 4.78 is 0. The first-order chi connectivity index (χ1) is 13.0. The van der Waals surface area contributed by atoms with Crippen LogP contribution in [-0.2, 0) is 0 Å². The number of para-hydroxylation sites is 1. The highest BCUT2D eigenvalue weighted by Crippen LogP contribution is 2.15. The van der Waals surface area contributed by atoms with Gasteiger partial charge in [-0.15, -0.1) is 0 Å². The van der Waals surface area contributed by atoms with Gasteiger partial charge in [-0.25, -0.2) is 0 Å². The van der Waals surface area contributed by atoms with Gasteiger partial charge in [-0.1, -0.05) is 44.2 Å². The summed E-state index contributed by atoms with van der Waals surface area (Å²) in [6.45, 7) is 7.18. The van der Waals surface area contributed by atoms with Gasteiger partial charge in [0.2, 0.25) is 0 Å². The van der Waals surface area contributed by atoms with Crippen molar-refractivity contribution in [2.45, 2.75) is 20.0 Å². The van der Waals surface area contributed by atoms with Gasteiger partial charge in [-0.3, -0.25) is 5.01 Å². The zero-order valence-electron chi connectivity index (χ0n) is 16.9. The summed E-state index contributed by atoms with van der Waals surface area (Å²) in [5.74, 6) is 0. The first kappa shape index (κ1) is 20.9. The molecule has 1 unspecified atom stereocenters. The number of rotatable bonds is 10. The van der Waals surface area contributed by atoms with E-state index in [9.17, 15) is 5.11 Å². The molecular formula is C22H32N4O. The van der Waals surface area contributed by atoms with Crippen molar-refractivity contribution in [3.63, 3.8) is 0 Å². The molecule has 0 spiro atoms. The average molecular weight is 369 g/mol. The third-order valence-electron chi connectivity index (χ3n) is 4.56. The van der Waals surface area contributed by atoms with Crippen LogP contribution in [-0.4, -0.2) is 62.6 Å². The highest BCUT2D eigenvalue weighted by molar-refractivity contribution is 5.81. The minimum atomic E-state index is -0.474. The lowest BCUT2D eigenvalue weighted by Gasteiger charge is -2.26. The number of benzene rings is 2. The number of aliphatic hydroxyl groups excluding tert-OH is 1. The molecule has 0 aliphatic rings. The highest BCUT2D eigenvalue weighted by atomic mass is 16.3. The first-order valence-corrected chi connectivity index (χ1v) is 9.57. The van der Waals surface area contributed by atoms with Crippen LogP contribution in [0.4, 0.5) is 11.4 Å². The van der Waals surface area contributed by atoms with E-state index < -0.39 is 6.10 Å². The maximum atomic E-state index is 10.5. The predicted octanol–water partition coefficient (Wildman–Crippen LogP) is 3.30. The molecule has 5 nitrogen and oxygen atoms in total. The van der Waals surface area contributed by atoms with Gasteiger partial charge in [0.15, 0.2) is 0 Å². The Balaban J connectivity index is 2.12. The maximum absolute atomic E-state index is 10.5. The van der Waals surface area contributed by atoms with Crippen molar-refractivity contribution in [2.75, 3.05) is 50.2 Å². The Morgan fingerprint density at radius 2 is 1.52 bits per heavy atom. The van der Waals surface area contributed by atoms with Crippen LogP contribution in [0.5, 0.6) is 0 Å². The molecule has 2 aromatic carbocycles. The number of hydrogen-bond acceptors (Lipinski definition) is 5. The summed E-state index contributed by atoms with van der Waals surface area (Å²) in [6.07, 6.45) is 1.37. The van der Waals surface area contributed by atoms with Gasteiger partial charge in [-0.2, -0.15) is 5.10 Å². The molecule has 0 fully saturated rings. The molecule has 0 radical (unpaired) electrons. The quantitative estimate of drug-likeness (QED) is 0.516. The number of likely N-dealkylation sites (N-methyl/N-ethyl adjacent to an activating group) is 1. The molecule has 0 aliphatic heterocycles. The summed E-state index contributed by atoms with van der Waals surface area (Å²) in [7, 11) is 4.05. The number of hydrazone groups is 1. The van der Waals surface area contributed by atoms with Gasteiger partial charge >= 0.3 is 0 Å². The maximum Gasteiger partial charge on any atom is 0.0862 e. The average Bonchev–Trinajstić information content (AvgIpc) is 2.70. The van der Waals surface area contributed by atoms with Crippen molar-refractivity contribution in [3.8, 4) is 0 Å². The number of nitrogens with zero attached hydrogens (tertiary/aromatic N) is 4. The van der Waals surface area contributed by atoms with Gasteiger partial charge < -0.3 is 14.9 Å². The number of anilines is 2. The molecule has 0 heterocycles. The van der Waals surface area contributed by atoms with E-state index in [1.54, 1.807) is 0 Å². The van der Waals surface area contributed by atoms with Crippen molar-refractivity contribution in [3.05, 3.63) is 60.2 Å². The second-order valence-corrected chi connectivity index (χ2v) is 6.79. The van der Waals surface area contributed by atoms with E-state index in [0.717, 1.165) is 30.0 Å². The Hall–Kier alpha value is -2.37. The zero-order chi connectivity index (χ0) is 19.6. The molecule has 0 aromatic heterocycles. The monoisotopic (exact) mass is 368 g/mol. The first-order valence-electron chi connectivity index (χ1n) is 9.57. The second-order valence-electron chi connectivity index (χ2n) is 6.79. The Morgan fingerprint density at radius 1 is 0.889 bits per heavy atom. The van der Waals surface area contributed by atoms with Crippen LogP contribution in [0.3, 0.4) is 0 Å². The van der Waals surface area contributed by atoms with Gasteiger partial charge in [-0.05, 0) is 42.9 Å². The van der Waals surface area contributed by atoms with E-state index in [2.05, 4.69) is 40.9 Å². The fourth-order valence-electron chi connectivity index (χ4n) is 2.85. The molecule has 0 saturated heterocycles. The summed E-state index contributed by atoms with van der Waals surface area (Å²) in [4.78, 5) is 4.29. The van der Waals surface area contributed by atoms with Gasteiger partial charge in [0.1, 0.15) is 0 Å². The summed E-state index contributed by atoms with van der Waals surface area (Å²) in [6, 6.07) is 18.2. The Morgan fingerprint density at radius 3 is 2.07 bits per heavy atom. The lowest BCUT2D eigenvalue weighted by Crippen LogP contribution is -2.38. The smallest absolute Gasteiger partial charge is 0.0862 e. The lowest BCUT2D eigenvalue weighted by atomic mass is 10.2.